The Kier molecular flexibility index (Phi) is 8.01. The summed E-state index contributed by atoms with van der Waals surface area (Å²) in [6.45, 7) is 15.1. The third-order valence-corrected chi connectivity index (χ3v) is 6.20. The van der Waals surface area contributed by atoms with Crippen molar-refractivity contribution in [3.63, 3.8) is 0 Å². The molecule has 0 radical (unpaired) electrons. The van der Waals surface area contributed by atoms with Crippen molar-refractivity contribution >= 4 is 28.8 Å². The van der Waals surface area contributed by atoms with Gasteiger partial charge in [-0.2, -0.15) is 18.4 Å². The molecule has 0 aliphatic heterocycles. The molecule has 0 saturated carbocycles. The van der Waals surface area contributed by atoms with E-state index in [1.54, 1.807) is 19.9 Å². The lowest BCUT2D eigenvalue weighted by Crippen LogP contribution is -2.50. The van der Waals surface area contributed by atoms with E-state index >= 15 is 0 Å². The molecule has 1 aromatic carbocycles. The summed E-state index contributed by atoms with van der Waals surface area (Å²) in [5, 5.41) is 9.03. The molecule has 7 heteroatoms. The topological polar surface area (TPSA) is 44.1 Å². The third-order valence-electron chi connectivity index (χ3n) is 6.02. The third kappa shape index (κ3) is 5.10. The minimum atomic E-state index is -4.73. The van der Waals surface area contributed by atoms with E-state index in [0.717, 1.165) is 41.9 Å². The first-order chi connectivity index (χ1) is 13.6. The number of halogens is 3. The van der Waals surface area contributed by atoms with Crippen LogP contribution in [0.4, 0.5) is 18.9 Å². The maximum absolute atomic E-state index is 13.6. The number of carbonyl (C=O) groups excluding carboxylic acids is 1. The smallest absolute Gasteiger partial charge is 0.275 e. The summed E-state index contributed by atoms with van der Waals surface area (Å²) < 4.78 is 40.3. The van der Waals surface area contributed by atoms with Crippen LogP contribution >= 0.6 is 12.2 Å². The van der Waals surface area contributed by atoms with Crippen LogP contribution in [0.5, 0.6) is 0 Å². The normalized spacial score (nSPS) is 12.3. The summed E-state index contributed by atoms with van der Waals surface area (Å²) in [5.41, 5.74) is -2.33. The average molecular weight is 439 g/mol. The van der Waals surface area contributed by atoms with Crippen LogP contribution in [-0.2, 0) is 11.0 Å². The van der Waals surface area contributed by atoms with Crippen molar-refractivity contribution in [2.45, 2.75) is 67.0 Å². The predicted octanol–water partition coefficient (Wildman–Crippen LogP) is 7.06. The Balaban J connectivity index is 3.51. The molecule has 0 aliphatic carbocycles. The molecule has 0 N–H and O–H groups in total. The summed E-state index contributed by atoms with van der Waals surface area (Å²) in [6.07, 6.45) is -2.05. The van der Waals surface area contributed by atoms with Gasteiger partial charge in [-0.05, 0) is 43.4 Å². The molecule has 0 fully saturated rings. The largest absolute Gasteiger partial charge is 0.417 e. The van der Waals surface area contributed by atoms with Crippen molar-refractivity contribution in [1.82, 2.24) is 0 Å². The fourth-order valence-corrected chi connectivity index (χ4v) is 3.33. The van der Waals surface area contributed by atoms with Gasteiger partial charge in [0.2, 0.25) is 5.91 Å². The number of alkyl halides is 3. The van der Waals surface area contributed by atoms with Gasteiger partial charge in [0.25, 0.3) is 0 Å². The SMILES string of the molecule is C=C(CCCC)C(C)(C)C(C)(C)C(=O)N(C(C)=S)c1ccc(C#N)c(C(F)(F)F)c1. The molecule has 30 heavy (non-hydrogen) atoms. The molecule has 0 bridgehead atoms. The van der Waals surface area contributed by atoms with Gasteiger partial charge < -0.3 is 0 Å². The molecule has 1 amide bonds. The number of nitriles is 1. The molecule has 0 aliphatic rings. The van der Waals surface area contributed by atoms with E-state index in [-0.39, 0.29) is 10.7 Å². The monoisotopic (exact) mass is 438 g/mol. The van der Waals surface area contributed by atoms with Gasteiger partial charge in [0.05, 0.1) is 33.3 Å². The van der Waals surface area contributed by atoms with Crippen molar-refractivity contribution in [2.75, 3.05) is 4.90 Å². The minimum absolute atomic E-state index is 0.0122. The van der Waals surface area contributed by atoms with E-state index in [1.165, 1.54) is 13.0 Å². The lowest BCUT2D eigenvalue weighted by atomic mass is 9.62. The molecule has 1 aromatic rings. The quantitative estimate of drug-likeness (QED) is 0.338. The second-order valence-corrected chi connectivity index (χ2v) is 9.05. The van der Waals surface area contributed by atoms with Crippen LogP contribution in [-0.4, -0.2) is 10.9 Å². The van der Waals surface area contributed by atoms with E-state index in [2.05, 4.69) is 13.5 Å². The second-order valence-electron chi connectivity index (χ2n) is 8.46. The molecular weight excluding hydrogens is 409 g/mol. The standard InChI is InChI=1S/C23H29F3N2OS/c1-8-9-10-15(2)21(4,5)22(6,7)20(29)28(16(3)30)18-12-11-17(14-27)19(13-18)23(24,25)26/h11-13H,2,8-10H2,1,3-7H3. The zero-order chi connectivity index (χ0) is 23.5. The minimum Gasteiger partial charge on any atom is -0.275 e. The van der Waals surface area contributed by atoms with Crippen molar-refractivity contribution in [3.05, 3.63) is 41.5 Å². The van der Waals surface area contributed by atoms with Crippen LogP contribution in [0, 0.1) is 22.2 Å². The van der Waals surface area contributed by atoms with E-state index < -0.39 is 34.0 Å². The van der Waals surface area contributed by atoms with Gasteiger partial charge in [0, 0.05) is 0 Å². The molecular formula is C23H29F3N2OS. The Labute approximate surface area is 182 Å². The fourth-order valence-electron chi connectivity index (χ4n) is 3.14. The number of nitrogens with zero attached hydrogens (tertiary/aromatic N) is 2. The molecule has 0 atom stereocenters. The Morgan fingerprint density at radius 1 is 1.20 bits per heavy atom. The number of benzene rings is 1. The maximum atomic E-state index is 13.6. The van der Waals surface area contributed by atoms with Crippen LogP contribution in [0.1, 0.15) is 71.9 Å². The Bertz CT molecular complexity index is 879. The van der Waals surface area contributed by atoms with Crippen molar-refractivity contribution in [1.29, 1.82) is 5.26 Å². The highest BCUT2D eigenvalue weighted by Gasteiger charge is 2.47. The molecule has 0 unspecified atom stereocenters. The van der Waals surface area contributed by atoms with Crippen molar-refractivity contribution in [3.8, 4) is 6.07 Å². The highest BCUT2D eigenvalue weighted by atomic mass is 32.1. The first-order valence-corrected chi connectivity index (χ1v) is 10.2. The van der Waals surface area contributed by atoms with Crippen LogP contribution < -0.4 is 4.90 Å². The molecule has 3 nitrogen and oxygen atoms in total. The summed E-state index contributed by atoms with van der Waals surface area (Å²) in [7, 11) is 0. The highest BCUT2D eigenvalue weighted by Crippen LogP contribution is 2.47. The summed E-state index contributed by atoms with van der Waals surface area (Å²) in [5.74, 6) is -0.421. The molecule has 1 rings (SSSR count). The second kappa shape index (κ2) is 9.30. The number of allylic oxidation sites excluding steroid dienone is 1. The zero-order valence-electron chi connectivity index (χ0n) is 18.4. The maximum Gasteiger partial charge on any atom is 0.417 e. The number of hydrogen-bond donors (Lipinski definition) is 0. The van der Waals surface area contributed by atoms with Crippen LogP contribution in [0.15, 0.2) is 30.4 Å². The van der Waals surface area contributed by atoms with Crippen LogP contribution in [0.25, 0.3) is 0 Å². The molecule has 0 spiro atoms. The Morgan fingerprint density at radius 3 is 2.20 bits per heavy atom. The van der Waals surface area contributed by atoms with Gasteiger partial charge in [0.1, 0.15) is 0 Å². The predicted molar refractivity (Wildman–Crippen MR) is 118 cm³/mol. The first-order valence-electron chi connectivity index (χ1n) is 9.77. The number of hydrogen-bond acceptors (Lipinski definition) is 3. The molecule has 164 valence electrons. The van der Waals surface area contributed by atoms with Gasteiger partial charge >= 0.3 is 6.18 Å². The van der Waals surface area contributed by atoms with E-state index in [0.29, 0.717) is 0 Å². The van der Waals surface area contributed by atoms with Crippen LogP contribution in [0.2, 0.25) is 0 Å². The van der Waals surface area contributed by atoms with Gasteiger partial charge in [0.15, 0.2) is 0 Å². The molecule has 0 saturated heterocycles. The fraction of sp³-hybridized carbons (Fsp3) is 0.522. The van der Waals surface area contributed by atoms with E-state index in [9.17, 15) is 18.0 Å². The van der Waals surface area contributed by atoms with Gasteiger partial charge in [-0.1, -0.05) is 65.4 Å². The number of unbranched alkanes of at least 4 members (excludes halogenated alkanes) is 1. The Morgan fingerprint density at radius 2 is 1.77 bits per heavy atom. The van der Waals surface area contributed by atoms with E-state index in [4.69, 9.17) is 17.5 Å². The number of amides is 1. The first kappa shape index (κ1) is 25.8. The Hall–Kier alpha value is -2.20. The molecule has 0 aromatic heterocycles. The number of anilines is 1. The lowest BCUT2D eigenvalue weighted by molar-refractivity contribution is -0.138. The highest BCUT2D eigenvalue weighted by molar-refractivity contribution is 7.80. The van der Waals surface area contributed by atoms with Gasteiger partial charge in [-0.25, -0.2) is 0 Å². The summed E-state index contributed by atoms with van der Waals surface area (Å²) >= 11 is 5.24. The number of rotatable bonds is 7. The van der Waals surface area contributed by atoms with Gasteiger partial charge in [-0.15, -0.1) is 0 Å². The van der Waals surface area contributed by atoms with Crippen molar-refractivity contribution in [2.24, 2.45) is 10.8 Å². The number of carbonyl (C=O) groups is 1. The molecule has 0 heterocycles. The summed E-state index contributed by atoms with van der Waals surface area (Å²) in [6, 6.07) is 4.74. The zero-order valence-corrected chi connectivity index (χ0v) is 19.2. The van der Waals surface area contributed by atoms with Crippen LogP contribution in [0.3, 0.4) is 0 Å². The lowest BCUT2D eigenvalue weighted by Gasteiger charge is -2.44. The number of thiocarbonyl (C=S) groups is 1. The van der Waals surface area contributed by atoms with Crippen molar-refractivity contribution < 1.29 is 18.0 Å². The average Bonchev–Trinajstić information content (AvgIpc) is 2.64. The summed E-state index contributed by atoms with van der Waals surface area (Å²) in [4.78, 5) is 14.8. The van der Waals surface area contributed by atoms with E-state index in [1.807, 2.05) is 13.8 Å². The van der Waals surface area contributed by atoms with Gasteiger partial charge in [-0.3, -0.25) is 9.69 Å².